The summed E-state index contributed by atoms with van der Waals surface area (Å²) in [5, 5.41) is 2.93. The Labute approximate surface area is 182 Å². The van der Waals surface area contributed by atoms with Crippen molar-refractivity contribution in [3.63, 3.8) is 0 Å². The molecule has 0 aliphatic carbocycles. The van der Waals surface area contributed by atoms with Crippen LogP contribution in [-0.2, 0) is 13.1 Å². The highest BCUT2D eigenvalue weighted by Crippen LogP contribution is 2.21. The average Bonchev–Trinajstić information content (AvgIpc) is 3.28. The van der Waals surface area contributed by atoms with Gasteiger partial charge in [0.25, 0.3) is 0 Å². The molecule has 0 saturated carbocycles. The van der Waals surface area contributed by atoms with E-state index in [1.165, 1.54) is 6.92 Å². The van der Waals surface area contributed by atoms with Gasteiger partial charge in [-0.15, -0.1) is 0 Å². The Morgan fingerprint density at radius 3 is 2.74 bits per heavy atom. The van der Waals surface area contributed by atoms with Gasteiger partial charge >= 0.3 is 6.03 Å². The lowest BCUT2D eigenvalue weighted by atomic mass is 10.1. The first kappa shape index (κ1) is 22.1. The van der Waals surface area contributed by atoms with Crippen LogP contribution in [0.15, 0.2) is 67.3 Å². The number of anilines is 1. The molecule has 0 aliphatic rings. The first-order valence-electron chi connectivity index (χ1n) is 10.4. The van der Waals surface area contributed by atoms with Crippen molar-refractivity contribution >= 4 is 17.5 Å². The van der Waals surface area contributed by atoms with Gasteiger partial charge < -0.3 is 19.5 Å². The number of imidazole rings is 1. The van der Waals surface area contributed by atoms with E-state index < -0.39 is 0 Å². The minimum Gasteiger partial charge on any atom is -0.494 e. The first-order valence-corrected chi connectivity index (χ1v) is 10.4. The van der Waals surface area contributed by atoms with Gasteiger partial charge in [0.05, 0.1) is 19.5 Å². The van der Waals surface area contributed by atoms with E-state index in [4.69, 9.17) is 4.74 Å². The number of nitrogens with zero attached hydrogens (tertiary/aromatic N) is 3. The van der Waals surface area contributed by atoms with Gasteiger partial charge in [0, 0.05) is 42.3 Å². The molecule has 0 saturated heterocycles. The molecule has 0 spiro atoms. The summed E-state index contributed by atoms with van der Waals surface area (Å²) in [4.78, 5) is 30.6. The zero-order chi connectivity index (χ0) is 22.1. The molecule has 0 radical (unpaired) electrons. The predicted molar refractivity (Wildman–Crippen MR) is 120 cm³/mol. The molecule has 162 valence electrons. The van der Waals surface area contributed by atoms with Crippen LogP contribution in [0.25, 0.3) is 0 Å². The fourth-order valence-electron chi connectivity index (χ4n) is 3.27. The number of nitrogens with one attached hydrogen (secondary N) is 1. The molecule has 1 N–H and O–H groups in total. The van der Waals surface area contributed by atoms with Gasteiger partial charge in [0.2, 0.25) is 0 Å². The van der Waals surface area contributed by atoms with Crippen LogP contribution in [-0.4, -0.2) is 39.4 Å². The Bertz CT molecular complexity index is 1000. The molecule has 1 heterocycles. The molecule has 0 atom stereocenters. The van der Waals surface area contributed by atoms with Crippen molar-refractivity contribution in [2.45, 2.75) is 33.4 Å². The number of benzene rings is 2. The van der Waals surface area contributed by atoms with Crippen LogP contribution in [0.1, 0.15) is 36.2 Å². The Morgan fingerprint density at radius 2 is 2.00 bits per heavy atom. The molecule has 0 aliphatic heterocycles. The Kier molecular flexibility index (Phi) is 7.81. The van der Waals surface area contributed by atoms with E-state index in [2.05, 4.69) is 10.3 Å². The lowest BCUT2D eigenvalue weighted by Crippen LogP contribution is -2.35. The normalized spacial score (nSPS) is 10.5. The van der Waals surface area contributed by atoms with E-state index in [0.717, 1.165) is 24.3 Å². The monoisotopic (exact) mass is 420 g/mol. The average molecular weight is 421 g/mol. The summed E-state index contributed by atoms with van der Waals surface area (Å²) in [5.74, 6) is 0.731. The molecule has 7 heteroatoms. The minimum absolute atomic E-state index is 0.0427. The van der Waals surface area contributed by atoms with Crippen molar-refractivity contribution in [1.82, 2.24) is 14.5 Å². The second-order valence-corrected chi connectivity index (χ2v) is 7.18. The summed E-state index contributed by atoms with van der Waals surface area (Å²) in [7, 11) is 0. The standard InChI is InChI=1S/C24H28N4O3/c1-3-31-23-11-5-4-8-21(23)17-28(14-7-13-27-15-12-25-18-27)24(30)26-22-10-6-9-20(16-22)19(2)29/h4-6,8-12,15-16,18H,3,7,13-14,17H2,1-2H3,(H,26,30). The van der Waals surface area contributed by atoms with E-state index >= 15 is 0 Å². The summed E-state index contributed by atoms with van der Waals surface area (Å²) >= 11 is 0. The number of para-hydroxylation sites is 1. The number of rotatable bonds is 10. The van der Waals surface area contributed by atoms with Gasteiger partial charge in [0.15, 0.2) is 5.78 Å². The number of carbonyl (C=O) groups excluding carboxylic acids is 2. The van der Waals surface area contributed by atoms with Crippen molar-refractivity contribution in [1.29, 1.82) is 0 Å². The number of aryl methyl sites for hydroxylation is 1. The molecular weight excluding hydrogens is 392 g/mol. The molecule has 3 rings (SSSR count). The SMILES string of the molecule is CCOc1ccccc1CN(CCCn1ccnc1)C(=O)Nc1cccc(C(C)=O)c1. The highest BCUT2D eigenvalue weighted by atomic mass is 16.5. The molecule has 1 aromatic heterocycles. The summed E-state index contributed by atoms with van der Waals surface area (Å²) < 4.78 is 7.72. The summed E-state index contributed by atoms with van der Waals surface area (Å²) in [6, 6.07) is 14.5. The third-order valence-corrected chi connectivity index (χ3v) is 4.84. The van der Waals surface area contributed by atoms with Crippen LogP contribution < -0.4 is 10.1 Å². The van der Waals surface area contributed by atoms with Crippen LogP contribution >= 0.6 is 0 Å². The number of aromatic nitrogens is 2. The molecule has 2 aromatic carbocycles. The molecule has 7 nitrogen and oxygen atoms in total. The Hall–Kier alpha value is -3.61. The summed E-state index contributed by atoms with van der Waals surface area (Å²) in [6.45, 7) is 5.73. The van der Waals surface area contributed by atoms with Crippen molar-refractivity contribution in [2.24, 2.45) is 0 Å². The smallest absolute Gasteiger partial charge is 0.322 e. The fraction of sp³-hybridized carbons (Fsp3) is 0.292. The van der Waals surface area contributed by atoms with E-state index in [1.54, 1.807) is 41.7 Å². The number of ether oxygens (including phenoxy) is 1. The number of ketones is 1. The largest absolute Gasteiger partial charge is 0.494 e. The van der Waals surface area contributed by atoms with E-state index in [0.29, 0.717) is 30.9 Å². The molecule has 0 fully saturated rings. The second-order valence-electron chi connectivity index (χ2n) is 7.18. The number of hydrogen-bond donors (Lipinski definition) is 1. The van der Waals surface area contributed by atoms with Crippen LogP contribution in [0.5, 0.6) is 5.75 Å². The van der Waals surface area contributed by atoms with E-state index in [1.807, 2.05) is 42.0 Å². The molecule has 2 amide bonds. The molecule has 0 bridgehead atoms. The van der Waals surface area contributed by atoms with Crippen LogP contribution in [0.3, 0.4) is 0 Å². The molecule has 31 heavy (non-hydrogen) atoms. The summed E-state index contributed by atoms with van der Waals surface area (Å²) in [6.07, 6.45) is 6.18. The Morgan fingerprint density at radius 1 is 1.16 bits per heavy atom. The molecule has 3 aromatic rings. The lowest BCUT2D eigenvalue weighted by Gasteiger charge is -2.24. The van der Waals surface area contributed by atoms with Crippen molar-refractivity contribution < 1.29 is 14.3 Å². The van der Waals surface area contributed by atoms with Crippen molar-refractivity contribution in [2.75, 3.05) is 18.5 Å². The zero-order valence-corrected chi connectivity index (χ0v) is 18.0. The highest BCUT2D eigenvalue weighted by molar-refractivity contribution is 5.96. The molecular formula is C24H28N4O3. The lowest BCUT2D eigenvalue weighted by molar-refractivity contribution is 0.101. The topological polar surface area (TPSA) is 76.5 Å². The fourth-order valence-corrected chi connectivity index (χ4v) is 3.27. The molecule has 0 unspecified atom stereocenters. The van der Waals surface area contributed by atoms with Gasteiger partial charge in [-0.05, 0) is 38.5 Å². The third kappa shape index (κ3) is 6.44. The van der Waals surface area contributed by atoms with Crippen LogP contribution in [0.2, 0.25) is 0 Å². The minimum atomic E-state index is -0.224. The van der Waals surface area contributed by atoms with E-state index in [9.17, 15) is 9.59 Å². The van der Waals surface area contributed by atoms with Crippen molar-refractivity contribution in [3.05, 3.63) is 78.4 Å². The number of urea groups is 1. The summed E-state index contributed by atoms with van der Waals surface area (Å²) in [5.41, 5.74) is 2.10. The highest BCUT2D eigenvalue weighted by Gasteiger charge is 2.17. The van der Waals surface area contributed by atoms with Gasteiger partial charge in [-0.1, -0.05) is 30.3 Å². The van der Waals surface area contributed by atoms with Gasteiger partial charge in [-0.25, -0.2) is 9.78 Å². The van der Waals surface area contributed by atoms with Gasteiger partial charge in [0.1, 0.15) is 5.75 Å². The van der Waals surface area contributed by atoms with Gasteiger partial charge in [-0.3, -0.25) is 4.79 Å². The van der Waals surface area contributed by atoms with E-state index in [-0.39, 0.29) is 11.8 Å². The number of hydrogen-bond acceptors (Lipinski definition) is 4. The van der Waals surface area contributed by atoms with Crippen LogP contribution in [0, 0.1) is 0 Å². The second kappa shape index (κ2) is 11.0. The number of amides is 2. The van der Waals surface area contributed by atoms with Crippen LogP contribution in [0.4, 0.5) is 10.5 Å². The third-order valence-electron chi connectivity index (χ3n) is 4.84. The first-order chi connectivity index (χ1) is 15.1. The van der Waals surface area contributed by atoms with Gasteiger partial charge in [-0.2, -0.15) is 0 Å². The van der Waals surface area contributed by atoms with Crippen molar-refractivity contribution in [3.8, 4) is 5.75 Å². The predicted octanol–water partition coefficient (Wildman–Crippen LogP) is 4.61. The quantitative estimate of drug-likeness (QED) is 0.486. The maximum Gasteiger partial charge on any atom is 0.322 e. The number of carbonyl (C=O) groups is 2. The maximum absolute atomic E-state index is 13.1. The Balaban J connectivity index is 1.74. The zero-order valence-electron chi connectivity index (χ0n) is 18.0. The maximum atomic E-state index is 13.1. The number of Topliss-reactive ketones (excluding diaryl/α,β-unsaturated/α-hetero) is 1.